The highest BCUT2D eigenvalue weighted by Gasteiger charge is 2.20. The van der Waals surface area contributed by atoms with Crippen molar-refractivity contribution in [3.8, 4) is 5.75 Å². The Morgan fingerprint density at radius 2 is 1.78 bits per heavy atom. The van der Waals surface area contributed by atoms with Gasteiger partial charge in [-0.3, -0.25) is 9.59 Å². The zero-order valence-corrected chi connectivity index (χ0v) is 15.1. The number of esters is 1. The van der Waals surface area contributed by atoms with Crippen LogP contribution in [0.15, 0.2) is 42.5 Å². The van der Waals surface area contributed by atoms with Crippen LogP contribution in [0.25, 0.3) is 0 Å². The van der Waals surface area contributed by atoms with Crippen molar-refractivity contribution in [2.24, 2.45) is 0 Å². The maximum atomic E-state index is 13.5. The van der Waals surface area contributed by atoms with E-state index < -0.39 is 35.3 Å². The van der Waals surface area contributed by atoms with Crippen LogP contribution in [-0.4, -0.2) is 24.6 Å². The van der Waals surface area contributed by atoms with Crippen LogP contribution in [0.2, 0.25) is 0 Å². The van der Waals surface area contributed by atoms with Crippen molar-refractivity contribution in [3.63, 3.8) is 0 Å². The molecule has 0 aromatic heterocycles. The summed E-state index contributed by atoms with van der Waals surface area (Å²) in [7, 11) is 0. The minimum atomic E-state index is -1.19. The first kappa shape index (κ1) is 20.4. The third-order valence-corrected chi connectivity index (χ3v) is 3.67. The summed E-state index contributed by atoms with van der Waals surface area (Å²) in [5, 5.41) is 2.09. The molecule has 144 valence electrons. The molecule has 0 fully saturated rings. The molecule has 1 atom stereocenters. The van der Waals surface area contributed by atoms with Crippen molar-refractivity contribution < 1.29 is 27.8 Å². The lowest BCUT2D eigenvalue weighted by Gasteiger charge is -2.14. The minimum absolute atomic E-state index is 0.0531. The maximum absolute atomic E-state index is 13.5. The summed E-state index contributed by atoms with van der Waals surface area (Å²) >= 11 is 0. The van der Waals surface area contributed by atoms with E-state index in [9.17, 15) is 18.4 Å². The second kappa shape index (κ2) is 9.66. The quantitative estimate of drug-likeness (QED) is 0.558. The molecule has 0 aliphatic carbocycles. The van der Waals surface area contributed by atoms with E-state index in [1.807, 2.05) is 31.2 Å². The number of rotatable bonds is 8. The van der Waals surface area contributed by atoms with Crippen LogP contribution in [0.1, 0.15) is 25.3 Å². The lowest BCUT2D eigenvalue weighted by Crippen LogP contribution is -2.30. The second-order valence-corrected chi connectivity index (χ2v) is 5.99. The lowest BCUT2D eigenvalue weighted by molar-refractivity contribution is -0.153. The van der Waals surface area contributed by atoms with Crippen LogP contribution in [0.4, 0.5) is 14.5 Å². The molecule has 0 unspecified atom stereocenters. The van der Waals surface area contributed by atoms with Gasteiger partial charge in [-0.1, -0.05) is 18.2 Å². The average molecular weight is 377 g/mol. The Labute approximate surface area is 156 Å². The van der Waals surface area contributed by atoms with Gasteiger partial charge in [0.25, 0.3) is 5.91 Å². The molecule has 0 saturated heterocycles. The molecule has 0 heterocycles. The number of benzene rings is 2. The van der Waals surface area contributed by atoms with Gasteiger partial charge in [-0.15, -0.1) is 0 Å². The number of anilines is 1. The van der Waals surface area contributed by atoms with Gasteiger partial charge in [0, 0.05) is 6.42 Å². The van der Waals surface area contributed by atoms with E-state index in [1.165, 1.54) is 13.0 Å². The van der Waals surface area contributed by atoms with Crippen LogP contribution < -0.4 is 10.1 Å². The number of hydrogen-bond donors (Lipinski definition) is 1. The van der Waals surface area contributed by atoms with Gasteiger partial charge in [-0.05, 0) is 50.1 Å². The maximum Gasteiger partial charge on any atom is 0.306 e. The monoisotopic (exact) mass is 377 g/mol. The normalized spacial score (nSPS) is 11.6. The molecular formula is C20H21F2NO4. The van der Waals surface area contributed by atoms with Gasteiger partial charge in [0.05, 0.1) is 6.61 Å². The van der Waals surface area contributed by atoms with Gasteiger partial charge in [0.1, 0.15) is 23.1 Å². The van der Waals surface area contributed by atoms with Crippen molar-refractivity contribution in [1.29, 1.82) is 0 Å². The first-order valence-electron chi connectivity index (χ1n) is 8.50. The average Bonchev–Trinajstić information content (AvgIpc) is 2.62. The number of ether oxygens (including phenoxy) is 2. The smallest absolute Gasteiger partial charge is 0.306 e. The fourth-order valence-electron chi connectivity index (χ4n) is 2.26. The molecule has 1 N–H and O–H groups in total. The van der Waals surface area contributed by atoms with Crippen LogP contribution in [0, 0.1) is 18.6 Å². The molecule has 0 aliphatic rings. The molecular weight excluding hydrogens is 356 g/mol. The van der Waals surface area contributed by atoms with Gasteiger partial charge in [-0.25, -0.2) is 8.78 Å². The molecule has 1 amide bonds. The lowest BCUT2D eigenvalue weighted by atomic mass is 10.2. The topological polar surface area (TPSA) is 64.6 Å². The first-order valence-corrected chi connectivity index (χ1v) is 8.50. The van der Waals surface area contributed by atoms with Crippen molar-refractivity contribution in [1.82, 2.24) is 0 Å². The van der Waals surface area contributed by atoms with Crippen molar-refractivity contribution >= 4 is 17.6 Å². The molecule has 0 radical (unpaired) electrons. The van der Waals surface area contributed by atoms with Crippen LogP contribution in [0.5, 0.6) is 5.75 Å². The third-order valence-electron chi connectivity index (χ3n) is 3.67. The first-order chi connectivity index (χ1) is 12.9. The van der Waals surface area contributed by atoms with Crippen molar-refractivity contribution in [2.45, 2.75) is 32.8 Å². The predicted molar refractivity (Wildman–Crippen MR) is 96.4 cm³/mol. The van der Waals surface area contributed by atoms with Crippen LogP contribution in [0.3, 0.4) is 0 Å². The zero-order valence-electron chi connectivity index (χ0n) is 15.1. The Hall–Kier alpha value is -2.96. The summed E-state index contributed by atoms with van der Waals surface area (Å²) in [5.41, 5.74) is 0.495. The minimum Gasteiger partial charge on any atom is -0.494 e. The number of halogens is 2. The summed E-state index contributed by atoms with van der Waals surface area (Å²) in [6, 6.07) is 10.7. The molecule has 0 bridgehead atoms. The van der Waals surface area contributed by atoms with Crippen LogP contribution in [-0.2, 0) is 14.3 Å². The van der Waals surface area contributed by atoms with Crippen LogP contribution >= 0.6 is 0 Å². The highest BCUT2D eigenvalue weighted by atomic mass is 19.1. The Kier molecular flexibility index (Phi) is 7.28. The van der Waals surface area contributed by atoms with Crippen molar-refractivity contribution in [2.75, 3.05) is 11.9 Å². The van der Waals surface area contributed by atoms with E-state index in [1.54, 1.807) is 0 Å². The van der Waals surface area contributed by atoms with Crippen molar-refractivity contribution in [3.05, 3.63) is 59.7 Å². The van der Waals surface area contributed by atoms with E-state index >= 15 is 0 Å². The summed E-state index contributed by atoms with van der Waals surface area (Å²) in [6.07, 6.45) is -0.727. The molecule has 0 aliphatic heterocycles. The number of hydrogen-bond acceptors (Lipinski definition) is 4. The largest absolute Gasteiger partial charge is 0.494 e. The fraction of sp³-hybridized carbons (Fsp3) is 0.300. The van der Waals surface area contributed by atoms with Gasteiger partial charge in [-0.2, -0.15) is 0 Å². The Balaban J connectivity index is 1.73. The predicted octanol–water partition coefficient (Wildman–Crippen LogP) is 4.00. The summed E-state index contributed by atoms with van der Waals surface area (Å²) in [6.45, 7) is 3.60. The highest BCUT2D eigenvalue weighted by molar-refractivity contribution is 5.95. The molecule has 0 saturated carbocycles. The van der Waals surface area contributed by atoms with E-state index in [0.717, 1.165) is 17.7 Å². The molecule has 5 nitrogen and oxygen atoms in total. The van der Waals surface area contributed by atoms with E-state index in [-0.39, 0.29) is 6.42 Å². The summed E-state index contributed by atoms with van der Waals surface area (Å²) < 4.78 is 37.6. The number of aryl methyl sites for hydroxylation is 1. The molecule has 2 aromatic carbocycles. The van der Waals surface area contributed by atoms with E-state index in [2.05, 4.69) is 5.32 Å². The molecule has 2 rings (SSSR count). The summed E-state index contributed by atoms with van der Waals surface area (Å²) in [4.78, 5) is 23.8. The molecule has 7 heteroatoms. The number of amides is 1. The van der Waals surface area contributed by atoms with Gasteiger partial charge < -0.3 is 14.8 Å². The third kappa shape index (κ3) is 6.36. The molecule has 27 heavy (non-hydrogen) atoms. The highest BCUT2D eigenvalue weighted by Crippen LogP contribution is 2.18. The van der Waals surface area contributed by atoms with Gasteiger partial charge >= 0.3 is 5.97 Å². The summed E-state index contributed by atoms with van der Waals surface area (Å²) in [5.74, 6) is -2.52. The van der Waals surface area contributed by atoms with Gasteiger partial charge in [0.2, 0.25) is 0 Å². The van der Waals surface area contributed by atoms with E-state index in [4.69, 9.17) is 9.47 Å². The molecule has 0 spiro atoms. The standard InChI is InChI=1S/C20H21F2NO4/c1-13-6-3-7-15(12-13)26-11-5-10-18(24)27-14(2)20(25)23-19-16(21)8-4-9-17(19)22/h3-4,6-9,12,14H,5,10-11H2,1-2H3,(H,23,25)/t14-/m0/s1. The second-order valence-electron chi connectivity index (χ2n) is 5.99. The van der Waals surface area contributed by atoms with Gasteiger partial charge in [0.15, 0.2) is 6.10 Å². The zero-order chi connectivity index (χ0) is 19.8. The molecule has 2 aromatic rings. The Morgan fingerprint density at radius 3 is 2.44 bits per heavy atom. The Bertz CT molecular complexity index is 790. The fourth-order valence-corrected chi connectivity index (χ4v) is 2.26. The number of carbonyl (C=O) groups excluding carboxylic acids is 2. The Morgan fingerprint density at radius 1 is 1.11 bits per heavy atom. The number of para-hydroxylation sites is 1. The number of carbonyl (C=O) groups is 2. The number of nitrogens with one attached hydrogen (secondary N) is 1. The SMILES string of the molecule is Cc1cccc(OCCCC(=O)O[C@@H](C)C(=O)Nc2c(F)cccc2F)c1. The van der Waals surface area contributed by atoms with E-state index in [0.29, 0.717) is 18.8 Å².